The zero-order chi connectivity index (χ0) is 14.0. The highest BCUT2D eigenvalue weighted by Gasteiger charge is 2.31. The van der Waals surface area contributed by atoms with E-state index < -0.39 is 17.9 Å². The summed E-state index contributed by atoms with van der Waals surface area (Å²) in [5.41, 5.74) is 0.260. The average Bonchev–Trinajstić information content (AvgIpc) is 2.31. The molecule has 2 nitrogen and oxygen atoms in total. The second-order valence-corrected chi connectivity index (χ2v) is 3.90. The van der Waals surface area contributed by atoms with Crippen molar-refractivity contribution < 1.29 is 22.3 Å². The van der Waals surface area contributed by atoms with Crippen LogP contribution in [0.2, 0.25) is 5.15 Å². The van der Waals surface area contributed by atoms with Crippen LogP contribution in [0.15, 0.2) is 36.5 Å². The molecule has 0 bridgehead atoms. The summed E-state index contributed by atoms with van der Waals surface area (Å²) < 4.78 is 53.7. The number of rotatable bonds is 2. The summed E-state index contributed by atoms with van der Waals surface area (Å²) in [5.74, 6) is -1.23. The molecule has 0 saturated heterocycles. The van der Waals surface area contributed by atoms with Gasteiger partial charge in [0.15, 0.2) is 11.0 Å². The first-order chi connectivity index (χ1) is 8.87. The number of hydrogen-bond donors (Lipinski definition) is 0. The fraction of sp³-hybridized carbons (Fsp3) is 0.0833. The van der Waals surface area contributed by atoms with Gasteiger partial charge in [-0.1, -0.05) is 23.7 Å². The minimum Gasteiger partial charge on any atom is -0.406 e. The standard InChI is InChI=1S/C12H6ClF4NO/c13-11-10(14)9(4-5-18-11)7-2-1-3-8(6-7)19-12(15,16)17/h1-6H. The number of pyridine rings is 1. The number of ether oxygens (including phenoxy) is 1. The van der Waals surface area contributed by atoms with Crippen LogP contribution >= 0.6 is 11.6 Å². The molecule has 2 aromatic rings. The van der Waals surface area contributed by atoms with Gasteiger partial charge >= 0.3 is 6.36 Å². The molecule has 1 heterocycles. The van der Waals surface area contributed by atoms with Crippen LogP contribution in [0, 0.1) is 5.82 Å². The first-order valence-electron chi connectivity index (χ1n) is 5.03. The summed E-state index contributed by atoms with van der Waals surface area (Å²) >= 11 is 5.51. The molecule has 0 aliphatic carbocycles. The maximum atomic E-state index is 13.7. The Morgan fingerprint density at radius 1 is 1.16 bits per heavy atom. The van der Waals surface area contributed by atoms with Crippen molar-refractivity contribution in [2.24, 2.45) is 0 Å². The van der Waals surface area contributed by atoms with Gasteiger partial charge in [0.05, 0.1) is 0 Å². The normalized spacial score (nSPS) is 11.4. The highest BCUT2D eigenvalue weighted by molar-refractivity contribution is 6.29. The van der Waals surface area contributed by atoms with Crippen LogP contribution in [0.25, 0.3) is 11.1 Å². The van der Waals surface area contributed by atoms with E-state index in [1.54, 1.807) is 0 Å². The Kier molecular flexibility index (Phi) is 3.61. The van der Waals surface area contributed by atoms with Crippen molar-refractivity contribution in [1.82, 2.24) is 4.98 Å². The van der Waals surface area contributed by atoms with Gasteiger partial charge in [0, 0.05) is 11.8 Å². The fourth-order valence-electron chi connectivity index (χ4n) is 1.50. The van der Waals surface area contributed by atoms with Crippen LogP contribution in [-0.2, 0) is 0 Å². The average molecular weight is 292 g/mol. The first-order valence-corrected chi connectivity index (χ1v) is 5.41. The van der Waals surface area contributed by atoms with Crippen molar-refractivity contribution >= 4 is 11.6 Å². The Bertz CT molecular complexity index is 601. The molecule has 0 N–H and O–H groups in total. The van der Waals surface area contributed by atoms with E-state index in [1.807, 2.05) is 0 Å². The Balaban J connectivity index is 2.41. The van der Waals surface area contributed by atoms with Crippen LogP contribution in [0.3, 0.4) is 0 Å². The molecule has 19 heavy (non-hydrogen) atoms. The first kappa shape index (κ1) is 13.6. The second-order valence-electron chi connectivity index (χ2n) is 3.54. The van der Waals surface area contributed by atoms with Gasteiger partial charge in [-0.25, -0.2) is 9.37 Å². The minimum atomic E-state index is -4.80. The van der Waals surface area contributed by atoms with Crippen LogP contribution in [0.4, 0.5) is 17.6 Å². The maximum absolute atomic E-state index is 13.7. The van der Waals surface area contributed by atoms with Gasteiger partial charge in [0.1, 0.15) is 5.75 Å². The van der Waals surface area contributed by atoms with Gasteiger partial charge in [-0.15, -0.1) is 13.2 Å². The van der Waals surface area contributed by atoms with Gasteiger partial charge < -0.3 is 4.74 Å². The van der Waals surface area contributed by atoms with Crippen molar-refractivity contribution in [3.63, 3.8) is 0 Å². The van der Waals surface area contributed by atoms with Crippen molar-refractivity contribution in [3.05, 3.63) is 47.5 Å². The highest BCUT2D eigenvalue weighted by Crippen LogP contribution is 2.30. The number of alkyl halides is 3. The Morgan fingerprint density at radius 3 is 2.58 bits per heavy atom. The van der Waals surface area contributed by atoms with Crippen molar-refractivity contribution in [2.75, 3.05) is 0 Å². The Morgan fingerprint density at radius 2 is 1.89 bits per heavy atom. The molecule has 0 aliphatic rings. The topological polar surface area (TPSA) is 22.1 Å². The molecule has 100 valence electrons. The van der Waals surface area contributed by atoms with Gasteiger partial charge in [-0.2, -0.15) is 0 Å². The number of hydrogen-bond acceptors (Lipinski definition) is 2. The molecule has 0 saturated carbocycles. The predicted molar refractivity (Wildman–Crippen MR) is 61.3 cm³/mol. The summed E-state index contributed by atoms with van der Waals surface area (Å²) in [6, 6.07) is 6.27. The SMILES string of the molecule is Fc1c(-c2cccc(OC(F)(F)F)c2)ccnc1Cl. The Hall–Kier alpha value is -1.82. The maximum Gasteiger partial charge on any atom is 0.573 e. The summed E-state index contributed by atoms with van der Waals surface area (Å²) in [6.07, 6.45) is -3.54. The third-order valence-electron chi connectivity index (χ3n) is 2.23. The number of halogens is 5. The van der Waals surface area contributed by atoms with E-state index in [0.717, 1.165) is 12.1 Å². The molecule has 7 heteroatoms. The van der Waals surface area contributed by atoms with Crippen LogP contribution in [0.5, 0.6) is 5.75 Å². The van der Waals surface area contributed by atoms with Gasteiger partial charge in [-0.3, -0.25) is 0 Å². The molecule has 1 aromatic carbocycles. The van der Waals surface area contributed by atoms with E-state index in [9.17, 15) is 17.6 Å². The second kappa shape index (κ2) is 5.05. The summed E-state index contributed by atoms with van der Waals surface area (Å²) in [7, 11) is 0. The van der Waals surface area contributed by atoms with E-state index in [0.29, 0.717) is 0 Å². The predicted octanol–water partition coefficient (Wildman–Crippen LogP) is 4.44. The lowest BCUT2D eigenvalue weighted by molar-refractivity contribution is -0.274. The molecule has 0 atom stereocenters. The summed E-state index contributed by atoms with van der Waals surface area (Å²) in [4.78, 5) is 3.53. The third-order valence-corrected chi connectivity index (χ3v) is 2.49. The van der Waals surface area contributed by atoms with E-state index in [4.69, 9.17) is 11.6 Å². The van der Waals surface area contributed by atoms with Crippen molar-refractivity contribution in [3.8, 4) is 16.9 Å². The zero-order valence-electron chi connectivity index (χ0n) is 9.21. The largest absolute Gasteiger partial charge is 0.573 e. The number of nitrogens with zero attached hydrogens (tertiary/aromatic N) is 1. The Labute approximate surface area is 110 Å². The molecular weight excluding hydrogens is 286 g/mol. The lowest BCUT2D eigenvalue weighted by atomic mass is 10.1. The van der Waals surface area contributed by atoms with Gasteiger partial charge in [-0.05, 0) is 23.8 Å². The molecular formula is C12H6ClF4NO. The van der Waals surface area contributed by atoms with Crippen LogP contribution < -0.4 is 4.74 Å². The zero-order valence-corrected chi connectivity index (χ0v) is 9.97. The third kappa shape index (κ3) is 3.35. The quantitative estimate of drug-likeness (QED) is 0.603. The molecule has 0 radical (unpaired) electrons. The molecule has 0 fully saturated rings. The van der Waals surface area contributed by atoms with Crippen LogP contribution in [-0.4, -0.2) is 11.3 Å². The highest BCUT2D eigenvalue weighted by atomic mass is 35.5. The molecule has 2 rings (SSSR count). The molecule has 0 unspecified atom stereocenters. The summed E-state index contributed by atoms with van der Waals surface area (Å²) in [6.45, 7) is 0. The van der Waals surface area contributed by atoms with Crippen molar-refractivity contribution in [1.29, 1.82) is 0 Å². The smallest absolute Gasteiger partial charge is 0.406 e. The van der Waals surface area contributed by atoms with Crippen molar-refractivity contribution in [2.45, 2.75) is 6.36 Å². The molecule has 1 aromatic heterocycles. The lowest BCUT2D eigenvalue weighted by Gasteiger charge is -2.10. The molecule has 0 amide bonds. The lowest BCUT2D eigenvalue weighted by Crippen LogP contribution is -2.17. The van der Waals surface area contributed by atoms with Gasteiger partial charge in [0.2, 0.25) is 0 Å². The van der Waals surface area contributed by atoms with Gasteiger partial charge in [0.25, 0.3) is 0 Å². The van der Waals surface area contributed by atoms with Crippen LogP contribution in [0.1, 0.15) is 0 Å². The number of aromatic nitrogens is 1. The molecule has 0 aliphatic heterocycles. The van der Waals surface area contributed by atoms with E-state index >= 15 is 0 Å². The molecule has 0 spiro atoms. The van der Waals surface area contributed by atoms with E-state index in [2.05, 4.69) is 9.72 Å². The minimum absolute atomic E-state index is 0.0487. The fourth-order valence-corrected chi connectivity index (χ4v) is 1.66. The monoisotopic (exact) mass is 291 g/mol. The van der Waals surface area contributed by atoms with E-state index in [1.165, 1.54) is 24.4 Å². The number of benzene rings is 1. The van der Waals surface area contributed by atoms with E-state index in [-0.39, 0.29) is 16.3 Å². The summed E-state index contributed by atoms with van der Waals surface area (Å²) in [5, 5.41) is -0.348.